The molecule has 0 aromatic heterocycles. The first kappa shape index (κ1) is 17.4. The average molecular weight is 302 g/mol. The first-order valence-electron chi connectivity index (χ1n) is 7.19. The number of hydrogen-bond donors (Lipinski definition) is 1. The van der Waals surface area contributed by atoms with E-state index in [0.717, 1.165) is 19.4 Å². The molecule has 0 fully saturated rings. The van der Waals surface area contributed by atoms with Crippen LogP contribution in [-0.4, -0.2) is 25.3 Å². The maximum Gasteiger partial charge on any atom is 0.126 e. The SMILES string of the molecule is CCCNC(Cc1cc(Cl)ccc1F)C(C)(CC)OC. The van der Waals surface area contributed by atoms with Gasteiger partial charge in [0.15, 0.2) is 0 Å². The minimum absolute atomic E-state index is 0.0467. The van der Waals surface area contributed by atoms with E-state index in [1.807, 2.05) is 0 Å². The van der Waals surface area contributed by atoms with E-state index in [1.54, 1.807) is 19.2 Å². The largest absolute Gasteiger partial charge is 0.377 e. The molecule has 4 heteroatoms. The van der Waals surface area contributed by atoms with Crippen molar-refractivity contribution in [2.75, 3.05) is 13.7 Å². The summed E-state index contributed by atoms with van der Waals surface area (Å²) < 4.78 is 19.6. The second kappa shape index (κ2) is 7.96. The Bertz CT molecular complexity index is 421. The highest BCUT2D eigenvalue weighted by molar-refractivity contribution is 6.30. The average Bonchev–Trinajstić information content (AvgIpc) is 2.46. The van der Waals surface area contributed by atoms with Gasteiger partial charge < -0.3 is 10.1 Å². The van der Waals surface area contributed by atoms with Crippen LogP contribution in [0.2, 0.25) is 5.02 Å². The molecule has 0 aliphatic rings. The quantitative estimate of drug-likeness (QED) is 0.777. The van der Waals surface area contributed by atoms with Crippen molar-refractivity contribution >= 4 is 11.6 Å². The van der Waals surface area contributed by atoms with Crippen molar-refractivity contribution in [2.45, 2.75) is 51.7 Å². The van der Waals surface area contributed by atoms with Crippen LogP contribution in [0.15, 0.2) is 18.2 Å². The molecule has 2 nitrogen and oxygen atoms in total. The first-order chi connectivity index (χ1) is 9.46. The van der Waals surface area contributed by atoms with E-state index in [-0.39, 0.29) is 17.5 Å². The molecule has 0 bridgehead atoms. The molecule has 2 unspecified atom stereocenters. The second-order valence-corrected chi connectivity index (χ2v) is 5.75. The number of methoxy groups -OCH3 is 1. The summed E-state index contributed by atoms with van der Waals surface area (Å²) in [4.78, 5) is 0. The number of hydrogen-bond acceptors (Lipinski definition) is 2. The predicted molar refractivity (Wildman–Crippen MR) is 82.9 cm³/mol. The topological polar surface area (TPSA) is 21.3 Å². The second-order valence-electron chi connectivity index (χ2n) is 5.32. The molecule has 1 aromatic carbocycles. The molecule has 20 heavy (non-hydrogen) atoms. The molecule has 114 valence electrons. The van der Waals surface area contributed by atoms with Gasteiger partial charge in [0.2, 0.25) is 0 Å². The standard InChI is InChI=1S/C16H25ClFNO/c1-5-9-19-15(16(3,6-2)20-4)11-12-10-13(17)7-8-14(12)18/h7-8,10,15,19H,5-6,9,11H2,1-4H3. The van der Waals surface area contributed by atoms with Gasteiger partial charge in [-0.1, -0.05) is 25.4 Å². The molecule has 1 rings (SSSR count). The smallest absolute Gasteiger partial charge is 0.126 e. The zero-order chi connectivity index (χ0) is 15.2. The van der Waals surface area contributed by atoms with Gasteiger partial charge in [0.1, 0.15) is 5.82 Å². The zero-order valence-corrected chi connectivity index (χ0v) is 13.6. The van der Waals surface area contributed by atoms with Crippen LogP contribution in [0.1, 0.15) is 39.2 Å². The molecule has 0 spiro atoms. The third-order valence-electron chi connectivity index (χ3n) is 3.98. The third-order valence-corrected chi connectivity index (χ3v) is 4.21. The summed E-state index contributed by atoms with van der Waals surface area (Å²) in [6.07, 6.45) is 2.44. The van der Waals surface area contributed by atoms with Gasteiger partial charge in [0.25, 0.3) is 0 Å². The molecule has 0 amide bonds. The molecular formula is C16H25ClFNO. The first-order valence-corrected chi connectivity index (χ1v) is 7.57. The van der Waals surface area contributed by atoms with Crippen molar-refractivity contribution in [3.8, 4) is 0 Å². The summed E-state index contributed by atoms with van der Waals surface area (Å²) in [6.45, 7) is 7.13. The Morgan fingerprint density at radius 3 is 2.65 bits per heavy atom. The molecule has 1 N–H and O–H groups in total. The van der Waals surface area contributed by atoms with Gasteiger partial charge in [0, 0.05) is 18.2 Å². The number of ether oxygens (including phenoxy) is 1. The van der Waals surface area contributed by atoms with E-state index < -0.39 is 0 Å². The Balaban J connectivity index is 2.96. The molecule has 0 heterocycles. The van der Waals surface area contributed by atoms with Crippen LogP contribution >= 0.6 is 11.6 Å². The molecule has 0 saturated carbocycles. The van der Waals surface area contributed by atoms with Gasteiger partial charge in [-0.25, -0.2) is 4.39 Å². The van der Waals surface area contributed by atoms with Crippen molar-refractivity contribution in [1.82, 2.24) is 5.32 Å². The van der Waals surface area contributed by atoms with E-state index in [2.05, 4.69) is 26.1 Å². The zero-order valence-electron chi connectivity index (χ0n) is 12.8. The fourth-order valence-electron chi connectivity index (χ4n) is 2.28. The van der Waals surface area contributed by atoms with E-state index in [1.165, 1.54) is 6.07 Å². The highest BCUT2D eigenvalue weighted by atomic mass is 35.5. The predicted octanol–water partition coefficient (Wildman–Crippen LogP) is 4.20. The van der Waals surface area contributed by atoms with Gasteiger partial charge in [0.05, 0.1) is 5.60 Å². The minimum Gasteiger partial charge on any atom is -0.377 e. The fraction of sp³-hybridized carbons (Fsp3) is 0.625. The summed E-state index contributed by atoms with van der Waals surface area (Å²) in [5, 5.41) is 4.03. The lowest BCUT2D eigenvalue weighted by Crippen LogP contribution is -2.51. The van der Waals surface area contributed by atoms with Crippen LogP contribution in [-0.2, 0) is 11.2 Å². The summed E-state index contributed by atoms with van der Waals surface area (Å²) >= 11 is 5.97. The molecule has 0 saturated heterocycles. The van der Waals surface area contributed by atoms with Crippen molar-refractivity contribution in [2.24, 2.45) is 0 Å². The maximum absolute atomic E-state index is 13.9. The highest BCUT2D eigenvalue weighted by Crippen LogP contribution is 2.25. The molecule has 1 aromatic rings. The number of benzene rings is 1. The van der Waals surface area contributed by atoms with E-state index >= 15 is 0 Å². The summed E-state index contributed by atoms with van der Waals surface area (Å²) in [5.41, 5.74) is 0.298. The Kier molecular flexibility index (Phi) is 6.93. The lowest BCUT2D eigenvalue weighted by Gasteiger charge is -2.36. The van der Waals surface area contributed by atoms with E-state index in [9.17, 15) is 4.39 Å². The fourth-order valence-corrected chi connectivity index (χ4v) is 2.47. The van der Waals surface area contributed by atoms with Crippen molar-refractivity contribution < 1.29 is 9.13 Å². The van der Waals surface area contributed by atoms with Gasteiger partial charge in [-0.3, -0.25) is 0 Å². The summed E-state index contributed by atoms with van der Waals surface area (Å²) in [7, 11) is 1.71. The van der Waals surface area contributed by atoms with Crippen LogP contribution in [0.4, 0.5) is 4.39 Å². The molecule has 0 aliphatic heterocycles. The van der Waals surface area contributed by atoms with Crippen LogP contribution in [0.25, 0.3) is 0 Å². The minimum atomic E-state index is -0.329. The number of nitrogens with one attached hydrogen (secondary N) is 1. The van der Waals surface area contributed by atoms with Crippen LogP contribution < -0.4 is 5.32 Å². The maximum atomic E-state index is 13.9. The molecule has 0 aliphatic carbocycles. The van der Waals surface area contributed by atoms with Crippen molar-refractivity contribution in [1.29, 1.82) is 0 Å². The molecule has 2 atom stereocenters. The van der Waals surface area contributed by atoms with Crippen LogP contribution in [0, 0.1) is 5.82 Å². The van der Waals surface area contributed by atoms with Crippen molar-refractivity contribution in [3.63, 3.8) is 0 Å². The lowest BCUT2D eigenvalue weighted by molar-refractivity contribution is -0.0288. The van der Waals surface area contributed by atoms with E-state index in [4.69, 9.17) is 16.3 Å². The normalized spacial score (nSPS) is 15.9. The van der Waals surface area contributed by atoms with Gasteiger partial charge in [-0.15, -0.1) is 0 Å². The molecular weight excluding hydrogens is 277 g/mol. The van der Waals surface area contributed by atoms with Gasteiger partial charge in [-0.05, 0) is 56.5 Å². The Morgan fingerprint density at radius 1 is 1.40 bits per heavy atom. The van der Waals surface area contributed by atoms with Crippen molar-refractivity contribution in [3.05, 3.63) is 34.6 Å². The monoisotopic (exact) mass is 301 g/mol. The summed E-state index contributed by atoms with van der Waals surface area (Å²) in [5.74, 6) is -0.216. The number of halogens is 2. The van der Waals surface area contributed by atoms with Crippen LogP contribution in [0.5, 0.6) is 0 Å². The third kappa shape index (κ3) is 4.44. The highest BCUT2D eigenvalue weighted by Gasteiger charge is 2.32. The van der Waals surface area contributed by atoms with Gasteiger partial charge >= 0.3 is 0 Å². The molecule has 0 radical (unpaired) electrons. The lowest BCUT2D eigenvalue weighted by atomic mass is 9.88. The summed E-state index contributed by atoms with van der Waals surface area (Å²) in [6, 6.07) is 4.74. The Hall–Kier alpha value is -0.640. The number of rotatable bonds is 8. The Morgan fingerprint density at radius 2 is 2.10 bits per heavy atom. The van der Waals surface area contributed by atoms with E-state index in [0.29, 0.717) is 17.0 Å². The van der Waals surface area contributed by atoms with Crippen LogP contribution in [0.3, 0.4) is 0 Å². The van der Waals surface area contributed by atoms with Gasteiger partial charge in [-0.2, -0.15) is 0 Å². The Labute approximate surface area is 126 Å².